The molecule has 0 aliphatic carbocycles. The van der Waals surface area contributed by atoms with Gasteiger partial charge < -0.3 is 9.47 Å². The molecule has 0 saturated carbocycles. The number of thiazole rings is 1. The van der Waals surface area contributed by atoms with Gasteiger partial charge in [0.05, 0.1) is 11.4 Å². The highest BCUT2D eigenvalue weighted by Gasteiger charge is 2.26. The van der Waals surface area contributed by atoms with Gasteiger partial charge in [-0.3, -0.25) is 4.79 Å². The Balaban J connectivity index is 1.56. The molecule has 2 aromatic heterocycles. The van der Waals surface area contributed by atoms with Crippen molar-refractivity contribution in [1.29, 1.82) is 0 Å². The van der Waals surface area contributed by atoms with Crippen LogP contribution in [-0.2, 0) is 23.6 Å². The number of hydrogen-bond acceptors (Lipinski definition) is 5. The second-order valence-corrected chi connectivity index (χ2v) is 10.2. The molecule has 0 bridgehead atoms. The summed E-state index contributed by atoms with van der Waals surface area (Å²) in [6.45, 7) is 3.61. The molecule has 0 radical (unpaired) electrons. The maximum Gasteiger partial charge on any atom is 0.265 e. The highest BCUT2D eigenvalue weighted by atomic mass is 32.2. The lowest BCUT2D eigenvalue weighted by Gasteiger charge is -2.13. The number of nitrogens with zero attached hydrogens (tertiary/aromatic N) is 3. The smallest absolute Gasteiger partial charge is 0.265 e. The van der Waals surface area contributed by atoms with Crippen LogP contribution in [0.4, 0.5) is 0 Å². The minimum absolute atomic E-state index is 0.0142. The number of nitrogens with one attached hydrogen (secondary N) is 1. The van der Waals surface area contributed by atoms with E-state index in [1.54, 1.807) is 23.9 Å². The standard InChI is InChI=1S/C21H24N4O3S2/c1-15-19(21(26)25-10-6-7-11-25)29-20(23-15)18-12-17(14-24(18)2)30(27,28)22-13-16-8-4-3-5-9-16/h3-5,8-9,12,14,22H,6-7,10-11,13H2,1-2H3. The number of carbonyl (C=O) groups is 1. The summed E-state index contributed by atoms with van der Waals surface area (Å²) < 4.78 is 29.9. The second kappa shape index (κ2) is 8.33. The van der Waals surface area contributed by atoms with Crippen molar-refractivity contribution >= 4 is 27.3 Å². The molecular formula is C21H24N4O3S2. The number of benzene rings is 1. The van der Waals surface area contributed by atoms with E-state index >= 15 is 0 Å². The third-order valence-electron chi connectivity index (χ3n) is 5.20. The molecule has 1 aliphatic rings. The predicted molar refractivity (Wildman–Crippen MR) is 117 cm³/mol. The van der Waals surface area contributed by atoms with Crippen LogP contribution >= 0.6 is 11.3 Å². The van der Waals surface area contributed by atoms with Crippen molar-refractivity contribution in [2.75, 3.05) is 13.1 Å². The van der Waals surface area contributed by atoms with Gasteiger partial charge in [0.15, 0.2) is 0 Å². The fraction of sp³-hybridized carbons (Fsp3) is 0.333. The van der Waals surface area contributed by atoms with Gasteiger partial charge in [0.1, 0.15) is 14.8 Å². The number of aromatic nitrogens is 2. The number of sulfonamides is 1. The van der Waals surface area contributed by atoms with Gasteiger partial charge >= 0.3 is 0 Å². The van der Waals surface area contributed by atoms with Crippen molar-refractivity contribution in [2.24, 2.45) is 7.05 Å². The molecule has 1 saturated heterocycles. The zero-order valence-corrected chi connectivity index (χ0v) is 18.6. The Morgan fingerprint density at radius 1 is 1.20 bits per heavy atom. The van der Waals surface area contributed by atoms with E-state index in [9.17, 15) is 13.2 Å². The Kier molecular flexibility index (Phi) is 5.77. The van der Waals surface area contributed by atoms with Gasteiger partial charge in [-0.25, -0.2) is 18.1 Å². The quantitative estimate of drug-likeness (QED) is 0.633. The summed E-state index contributed by atoms with van der Waals surface area (Å²) in [5.74, 6) is 0.0142. The van der Waals surface area contributed by atoms with Crippen molar-refractivity contribution in [1.82, 2.24) is 19.2 Å². The van der Waals surface area contributed by atoms with Crippen LogP contribution in [0.15, 0.2) is 47.5 Å². The fourth-order valence-corrected chi connectivity index (χ4v) is 5.70. The molecule has 0 atom stereocenters. The average Bonchev–Trinajstić information content (AvgIpc) is 3.47. The van der Waals surface area contributed by atoms with Crippen LogP contribution in [0, 0.1) is 6.92 Å². The lowest BCUT2D eigenvalue weighted by Crippen LogP contribution is -2.27. The van der Waals surface area contributed by atoms with E-state index in [-0.39, 0.29) is 17.3 Å². The van der Waals surface area contributed by atoms with Gasteiger partial charge in [0.25, 0.3) is 5.91 Å². The highest BCUT2D eigenvalue weighted by Crippen LogP contribution is 2.31. The molecule has 9 heteroatoms. The van der Waals surface area contributed by atoms with E-state index in [1.165, 1.54) is 11.3 Å². The van der Waals surface area contributed by atoms with Crippen LogP contribution in [0.3, 0.4) is 0 Å². The first-order chi connectivity index (χ1) is 14.3. The number of hydrogen-bond donors (Lipinski definition) is 1. The van der Waals surface area contributed by atoms with Gasteiger partial charge in [0, 0.05) is 32.9 Å². The van der Waals surface area contributed by atoms with Crippen LogP contribution in [0.2, 0.25) is 0 Å². The summed E-state index contributed by atoms with van der Waals surface area (Å²) in [6.07, 6.45) is 3.64. The minimum Gasteiger partial charge on any atom is -0.347 e. The molecule has 4 rings (SSSR count). The molecule has 1 fully saturated rings. The number of likely N-dealkylation sites (tertiary alicyclic amines) is 1. The van der Waals surface area contributed by atoms with E-state index in [4.69, 9.17) is 0 Å². The van der Waals surface area contributed by atoms with Gasteiger partial charge in [-0.05, 0) is 31.4 Å². The maximum atomic E-state index is 12.8. The van der Waals surface area contributed by atoms with Crippen molar-refractivity contribution in [2.45, 2.75) is 31.2 Å². The Bertz CT molecular complexity index is 1160. The van der Waals surface area contributed by atoms with Gasteiger partial charge in [-0.2, -0.15) is 0 Å². The predicted octanol–water partition coefficient (Wildman–Crippen LogP) is 3.17. The summed E-state index contributed by atoms with van der Waals surface area (Å²) in [6, 6.07) is 11.0. The summed E-state index contributed by atoms with van der Waals surface area (Å²) in [4.78, 5) is 20.0. The first kappa shape index (κ1) is 20.8. The van der Waals surface area contributed by atoms with Crippen LogP contribution in [0.5, 0.6) is 0 Å². The average molecular weight is 445 g/mol. The molecule has 158 valence electrons. The first-order valence-corrected chi connectivity index (χ1v) is 12.1. The van der Waals surface area contributed by atoms with Crippen LogP contribution in [0.1, 0.15) is 33.8 Å². The molecule has 7 nitrogen and oxygen atoms in total. The van der Waals surface area contributed by atoms with Gasteiger partial charge in [-0.15, -0.1) is 11.3 Å². The zero-order valence-electron chi connectivity index (χ0n) is 17.0. The summed E-state index contributed by atoms with van der Waals surface area (Å²) in [5.41, 5.74) is 2.24. The first-order valence-electron chi connectivity index (χ1n) is 9.82. The van der Waals surface area contributed by atoms with E-state index in [2.05, 4.69) is 9.71 Å². The van der Waals surface area contributed by atoms with Crippen LogP contribution < -0.4 is 4.72 Å². The molecule has 1 amide bonds. The summed E-state index contributed by atoms with van der Waals surface area (Å²) >= 11 is 1.32. The van der Waals surface area contributed by atoms with Crippen molar-refractivity contribution in [3.63, 3.8) is 0 Å². The number of aryl methyl sites for hydroxylation is 2. The van der Waals surface area contributed by atoms with Crippen LogP contribution in [-0.4, -0.2) is 41.9 Å². The zero-order chi connectivity index (χ0) is 21.3. The SMILES string of the molecule is Cc1nc(-c2cc(S(=O)(=O)NCc3ccccc3)cn2C)sc1C(=O)N1CCCC1. The monoisotopic (exact) mass is 444 g/mol. The molecule has 1 N–H and O–H groups in total. The Hall–Kier alpha value is -2.49. The third kappa shape index (κ3) is 4.19. The lowest BCUT2D eigenvalue weighted by molar-refractivity contribution is 0.0796. The third-order valence-corrected chi connectivity index (χ3v) is 7.74. The van der Waals surface area contributed by atoms with Gasteiger partial charge in [0.2, 0.25) is 10.0 Å². The molecule has 1 aliphatic heterocycles. The van der Waals surface area contributed by atoms with E-state index in [0.29, 0.717) is 21.3 Å². The normalized spacial score (nSPS) is 14.4. The highest BCUT2D eigenvalue weighted by molar-refractivity contribution is 7.89. The molecular weight excluding hydrogens is 420 g/mol. The Morgan fingerprint density at radius 2 is 1.90 bits per heavy atom. The topological polar surface area (TPSA) is 84.3 Å². The molecule has 3 heterocycles. The Morgan fingerprint density at radius 3 is 2.60 bits per heavy atom. The van der Waals surface area contributed by atoms with Crippen molar-refractivity contribution in [3.8, 4) is 10.7 Å². The molecule has 0 spiro atoms. The number of amides is 1. The van der Waals surface area contributed by atoms with E-state index in [0.717, 1.165) is 31.5 Å². The fourth-order valence-electron chi connectivity index (χ4n) is 3.52. The summed E-state index contributed by atoms with van der Waals surface area (Å²) in [5, 5.41) is 0.641. The second-order valence-electron chi connectivity index (χ2n) is 7.41. The molecule has 1 aromatic carbocycles. The number of rotatable bonds is 6. The summed E-state index contributed by atoms with van der Waals surface area (Å²) in [7, 11) is -1.89. The maximum absolute atomic E-state index is 12.8. The minimum atomic E-state index is -3.67. The van der Waals surface area contributed by atoms with Crippen LogP contribution in [0.25, 0.3) is 10.7 Å². The number of carbonyl (C=O) groups excluding carboxylic acids is 1. The van der Waals surface area contributed by atoms with Gasteiger partial charge in [-0.1, -0.05) is 30.3 Å². The van der Waals surface area contributed by atoms with E-state index < -0.39 is 10.0 Å². The lowest BCUT2D eigenvalue weighted by atomic mass is 10.2. The molecule has 3 aromatic rings. The Labute approximate surface area is 180 Å². The van der Waals surface area contributed by atoms with Crippen molar-refractivity contribution < 1.29 is 13.2 Å². The van der Waals surface area contributed by atoms with Crippen molar-refractivity contribution in [3.05, 3.63) is 58.7 Å². The molecule has 30 heavy (non-hydrogen) atoms. The largest absolute Gasteiger partial charge is 0.347 e. The van der Waals surface area contributed by atoms with E-state index in [1.807, 2.05) is 42.2 Å². The molecule has 0 unspecified atom stereocenters.